The highest BCUT2D eigenvalue weighted by atomic mass is 16.3. The minimum atomic E-state index is -0.599. The minimum absolute atomic E-state index is 0.250. The number of aromatic nitrogens is 5. The highest BCUT2D eigenvalue weighted by Crippen LogP contribution is 2.34. The molecule has 0 saturated heterocycles. The quantitative estimate of drug-likeness (QED) is 0.499. The summed E-state index contributed by atoms with van der Waals surface area (Å²) >= 11 is 0. The first-order valence-electron chi connectivity index (χ1n) is 10.7. The van der Waals surface area contributed by atoms with Gasteiger partial charge in [-0.3, -0.25) is 9.67 Å². The van der Waals surface area contributed by atoms with Crippen molar-refractivity contribution in [2.24, 2.45) is 16.6 Å². The first-order valence-corrected chi connectivity index (χ1v) is 10.7. The van der Waals surface area contributed by atoms with Crippen LogP contribution < -0.4 is 5.73 Å². The van der Waals surface area contributed by atoms with Gasteiger partial charge in [0.2, 0.25) is 0 Å². The van der Waals surface area contributed by atoms with Gasteiger partial charge in [-0.25, -0.2) is 9.50 Å². The Morgan fingerprint density at radius 1 is 1.26 bits per heavy atom. The second-order valence-electron chi connectivity index (χ2n) is 8.09. The van der Waals surface area contributed by atoms with E-state index in [0.29, 0.717) is 23.2 Å². The van der Waals surface area contributed by atoms with Crippen LogP contribution >= 0.6 is 0 Å². The van der Waals surface area contributed by atoms with Gasteiger partial charge in [0.25, 0.3) is 0 Å². The topological polar surface area (TPSA) is 127 Å². The summed E-state index contributed by atoms with van der Waals surface area (Å²) in [7, 11) is 0. The predicted molar refractivity (Wildman–Crippen MR) is 119 cm³/mol. The summed E-state index contributed by atoms with van der Waals surface area (Å²) in [6.07, 6.45) is 15.3. The molecule has 1 aliphatic rings. The van der Waals surface area contributed by atoms with Gasteiger partial charge in [-0.15, -0.1) is 0 Å². The fourth-order valence-corrected chi connectivity index (χ4v) is 4.14. The molecule has 1 fully saturated rings. The number of allylic oxidation sites excluding steroid dienone is 1. The number of hydrogen-bond donors (Lipinski definition) is 3. The van der Waals surface area contributed by atoms with Crippen molar-refractivity contribution in [2.45, 2.75) is 44.7 Å². The predicted octanol–water partition coefficient (Wildman–Crippen LogP) is 2.07. The van der Waals surface area contributed by atoms with Crippen LogP contribution in [-0.4, -0.2) is 60.1 Å². The SMILES string of the molecule is C[C@@H]1CCCC[C@H]1n1cc(-c2nc(C(C=NC(CO)CO)=CN)cn3nccc23)cn1. The summed E-state index contributed by atoms with van der Waals surface area (Å²) in [5.41, 5.74) is 9.54. The maximum Gasteiger partial charge on any atom is 0.0999 e. The summed E-state index contributed by atoms with van der Waals surface area (Å²) in [6, 6.07) is 1.73. The molecule has 4 N–H and O–H groups in total. The normalized spacial score (nSPS) is 20.3. The van der Waals surface area contributed by atoms with Crippen LogP contribution in [0.2, 0.25) is 0 Å². The van der Waals surface area contributed by atoms with Gasteiger partial charge in [0.1, 0.15) is 0 Å². The first-order chi connectivity index (χ1) is 15.1. The molecule has 4 rings (SSSR count). The Balaban J connectivity index is 1.71. The van der Waals surface area contributed by atoms with Crippen LogP contribution in [0.3, 0.4) is 0 Å². The number of hydrogen-bond acceptors (Lipinski definition) is 7. The average molecular weight is 424 g/mol. The van der Waals surface area contributed by atoms with Crippen molar-refractivity contribution < 1.29 is 10.2 Å². The van der Waals surface area contributed by atoms with E-state index >= 15 is 0 Å². The van der Waals surface area contributed by atoms with Gasteiger partial charge in [0, 0.05) is 29.7 Å². The van der Waals surface area contributed by atoms with Gasteiger partial charge in [-0.2, -0.15) is 10.2 Å². The van der Waals surface area contributed by atoms with E-state index in [0.717, 1.165) is 23.2 Å². The van der Waals surface area contributed by atoms with E-state index in [-0.39, 0.29) is 13.2 Å². The van der Waals surface area contributed by atoms with E-state index < -0.39 is 6.04 Å². The van der Waals surface area contributed by atoms with Gasteiger partial charge < -0.3 is 15.9 Å². The highest BCUT2D eigenvalue weighted by molar-refractivity contribution is 6.09. The van der Waals surface area contributed by atoms with Gasteiger partial charge in [0.15, 0.2) is 0 Å². The van der Waals surface area contributed by atoms with Crippen LogP contribution in [0.1, 0.15) is 44.3 Å². The summed E-state index contributed by atoms with van der Waals surface area (Å²) < 4.78 is 3.83. The van der Waals surface area contributed by atoms with Crippen molar-refractivity contribution in [3.63, 3.8) is 0 Å². The Morgan fingerprint density at radius 2 is 2.06 bits per heavy atom. The molecule has 0 aliphatic heterocycles. The number of fused-ring (bicyclic) bond motifs is 1. The Bertz CT molecular complexity index is 1080. The third kappa shape index (κ3) is 4.38. The van der Waals surface area contributed by atoms with E-state index in [2.05, 4.69) is 33.0 Å². The van der Waals surface area contributed by atoms with E-state index in [1.54, 1.807) is 16.9 Å². The molecule has 1 saturated carbocycles. The number of rotatable bonds is 7. The molecule has 31 heavy (non-hydrogen) atoms. The summed E-state index contributed by atoms with van der Waals surface area (Å²) in [6.45, 7) is 1.80. The lowest BCUT2D eigenvalue weighted by Crippen LogP contribution is -2.21. The summed E-state index contributed by atoms with van der Waals surface area (Å²) in [5.74, 6) is 0.602. The number of aliphatic imine (C=N–C) groups is 1. The van der Waals surface area contributed by atoms with E-state index in [1.807, 2.05) is 12.3 Å². The maximum absolute atomic E-state index is 9.25. The Morgan fingerprint density at radius 3 is 2.81 bits per heavy atom. The third-order valence-corrected chi connectivity index (χ3v) is 5.99. The van der Waals surface area contributed by atoms with E-state index in [4.69, 9.17) is 10.7 Å². The molecule has 0 aromatic carbocycles. The van der Waals surface area contributed by atoms with Crippen molar-refractivity contribution in [3.8, 4) is 11.3 Å². The molecule has 1 aliphatic carbocycles. The molecule has 0 radical (unpaired) electrons. The monoisotopic (exact) mass is 423 g/mol. The molecule has 0 amide bonds. The van der Waals surface area contributed by atoms with Crippen LogP contribution in [0, 0.1) is 5.92 Å². The molecule has 9 heteroatoms. The second-order valence-corrected chi connectivity index (χ2v) is 8.09. The Labute approximate surface area is 180 Å². The van der Waals surface area contributed by atoms with Crippen LogP contribution in [-0.2, 0) is 0 Å². The molecule has 3 heterocycles. The summed E-state index contributed by atoms with van der Waals surface area (Å²) in [4.78, 5) is 9.04. The van der Waals surface area contributed by atoms with Gasteiger partial charge >= 0.3 is 0 Å². The van der Waals surface area contributed by atoms with Crippen LogP contribution in [0.4, 0.5) is 0 Å². The molecular formula is C22H29N7O2. The number of aliphatic hydroxyl groups is 2. The van der Waals surface area contributed by atoms with Crippen molar-refractivity contribution in [1.29, 1.82) is 0 Å². The fourth-order valence-electron chi connectivity index (χ4n) is 4.14. The molecule has 164 valence electrons. The largest absolute Gasteiger partial charge is 0.404 e. The van der Waals surface area contributed by atoms with Crippen molar-refractivity contribution in [3.05, 3.63) is 42.7 Å². The summed E-state index contributed by atoms with van der Waals surface area (Å²) in [5, 5.41) is 27.5. The lowest BCUT2D eigenvalue weighted by molar-refractivity contribution is 0.196. The van der Waals surface area contributed by atoms with Crippen molar-refractivity contribution >= 4 is 17.3 Å². The molecule has 0 bridgehead atoms. The number of nitrogens with zero attached hydrogens (tertiary/aromatic N) is 6. The molecular weight excluding hydrogens is 394 g/mol. The van der Waals surface area contributed by atoms with E-state index in [1.165, 1.54) is 31.7 Å². The lowest BCUT2D eigenvalue weighted by atomic mass is 9.86. The van der Waals surface area contributed by atoms with Gasteiger partial charge in [-0.05, 0) is 24.8 Å². The molecule has 2 atom stereocenters. The highest BCUT2D eigenvalue weighted by Gasteiger charge is 2.24. The van der Waals surface area contributed by atoms with Crippen LogP contribution in [0.5, 0.6) is 0 Å². The minimum Gasteiger partial charge on any atom is -0.404 e. The zero-order chi connectivity index (χ0) is 21.8. The first kappa shape index (κ1) is 21.2. The van der Waals surface area contributed by atoms with Crippen molar-refractivity contribution in [2.75, 3.05) is 13.2 Å². The zero-order valence-corrected chi connectivity index (χ0v) is 17.7. The number of aliphatic hydroxyl groups excluding tert-OH is 2. The van der Waals surface area contributed by atoms with Crippen LogP contribution in [0.25, 0.3) is 22.3 Å². The van der Waals surface area contributed by atoms with Gasteiger partial charge in [0.05, 0.1) is 60.8 Å². The standard InChI is InChI=1S/C22H29N7O2/c1-15-4-2-3-5-20(15)28-11-17(10-26-28)22-21-6-7-25-29(21)12-19(27-22)16(8-23)9-24-18(13-30)14-31/h6-12,15,18,20,30-31H,2-5,13-14,23H2,1H3/t15-,20-/m1/s1. The Hall–Kier alpha value is -3.04. The molecule has 0 unspecified atom stereocenters. The fraction of sp³-hybridized carbons (Fsp3) is 0.455. The molecule has 0 spiro atoms. The second kappa shape index (κ2) is 9.40. The lowest BCUT2D eigenvalue weighted by Gasteiger charge is -2.28. The van der Waals surface area contributed by atoms with Crippen molar-refractivity contribution in [1.82, 2.24) is 24.4 Å². The number of nitrogens with two attached hydrogens (primary N) is 1. The third-order valence-electron chi connectivity index (χ3n) is 5.99. The van der Waals surface area contributed by atoms with E-state index in [9.17, 15) is 10.2 Å². The van der Waals surface area contributed by atoms with Crippen LogP contribution in [0.15, 0.2) is 42.0 Å². The maximum atomic E-state index is 9.25. The van der Waals surface area contributed by atoms with Gasteiger partial charge in [-0.1, -0.05) is 19.8 Å². The Kier molecular flexibility index (Phi) is 6.43. The molecule has 3 aromatic heterocycles. The average Bonchev–Trinajstić information content (AvgIpc) is 3.46. The molecule has 9 nitrogen and oxygen atoms in total. The zero-order valence-electron chi connectivity index (χ0n) is 17.7. The molecule has 3 aromatic rings. The smallest absolute Gasteiger partial charge is 0.0999 e.